The maximum Gasteiger partial charge on any atom is 0.351 e. The average molecular weight is 316 g/mol. The monoisotopic (exact) mass is 316 g/mol. The molecule has 0 aliphatic heterocycles. The van der Waals surface area contributed by atoms with Gasteiger partial charge in [0.05, 0.1) is 9.70 Å². The highest BCUT2D eigenvalue weighted by Gasteiger charge is 2.15. The van der Waals surface area contributed by atoms with Gasteiger partial charge in [-0.25, -0.2) is 9.59 Å². The SMILES string of the molecule is CN(Cc1ccncc1)c1cc2oc(=O)c(C(=O)O)cc2s1. The van der Waals surface area contributed by atoms with E-state index >= 15 is 0 Å². The molecule has 0 saturated heterocycles. The molecule has 0 atom stereocenters. The Morgan fingerprint density at radius 3 is 2.77 bits per heavy atom. The average Bonchev–Trinajstić information content (AvgIpc) is 2.90. The largest absolute Gasteiger partial charge is 0.477 e. The Bertz CT molecular complexity index is 885. The first-order valence-corrected chi connectivity index (χ1v) is 7.27. The van der Waals surface area contributed by atoms with Crippen molar-refractivity contribution in [3.63, 3.8) is 0 Å². The van der Waals surface area contributed by atoms with Gasteiger partial charge in [0, 0.05) is 32.1 Å². The molecule has 0 aromatic carbocycles. The summed E-state index contributed by atoms with van der Waals surface area (Å²) in [6, 6.07) is 6.95. The number of carbonyl (C=O) groups is 1. The summed E-state index contributed by atoms with van der Waals surface area (Å²) in [6.45, 7) is 0.672. The molecule has 3 aromatic heterocycles. The summed E-state index contributed by atoms with van der Waals surface area (Å²) in [4.78, 5) is 28.5. The molecule has 3 heterocycles. The van der Waals surface area contributed by atoms with Gasteiger partial charge in [0.25, 0.3) is 0 Å². The first-order valence-electron chi connectivity index (χ1n) is 6.45. The second-order valence-corrected chi connectivity index (χ2v) is 5.84. The number of hydrogen-bond donors (Lipinski definition) is 1. The maximum absolute atomic E-state index is 11.6. The van der Waals surface area contributed by atoms with E-state index in [1.165, 1.54) is 17.4 Å². The Morgan fingerprint density at radius 1 is 1.36 bits per heavy atom. The van der Waals surface area contributed by atoms with Crippen LogP contribution in [0.2, 0.25) is 0 Å². The van der Waals surface area contributed by atoms with Gasteiger partial charge in [0.2, 0.25) is 0 Å². The molecule has 0 saturated carbocycles. The van der Waals surface area contributed by atoms with Gasteiger partial charge in [-0.2, -0.15) is 0 Å². The molecular weight excluding hydrogens is 304 g/mol. The van der Waals surface area contributed by atoms with E-state index in [9.17, 15) is 9.59 Å². The van der Waals surface area contributed by atoms with E-state index in [0.29, 0.717) is 16.8 Å². The second-order valence-electron chi connectivity index (χ2n) is 4.78. The molecule has 3 rings (SSSR count). The molecule has 0 spiro atoms. The lowest BCUT2D eigenvalue weighted by molar-refractivity contribution is 0.0692. The number of aromatic nitrogens is 1. The van der Waals surface area contributed by atoms with Crippen LogP contribution in [0.5, 0.6) is 0 Å². The topological polar surface area (TPSA) is 83.6 Å². The first-order chi connectivity index (χ1) is 10.5. The summed E-state index contributed by atoms with van der Waals surface area (Å²) in [5.41, 5.74) is 0.318. The first kappa shape index (κ1) is 14.3. The van der Waals surface area contributed by atoms with Gasteiger partial charge < -0.3 is 14.4 Å². The molecule has 0 fully saturated rings. The molecule has 0 aliphatic carbocycles. The fourth-order valence-corrected chi connectivity index (χ4v) is 3.07. The predicted molar refractivity (Wildman–Crippen MR) is 83.7 cm³/mol. The van der Waals surface area contributed by atoms with Gasteiger partial charge in [-0.1, -0.05) is 0 Å². The normalized spacial score (nSPS) is 10.8. The lowest BCUT2D eigenvalue weighted by Crippen LogP contribution is -2.14. The Hall–Kier alpha value is -2.67. The quantitative estimate of drug-likeness (QED) is 0.796. The van der Waals surface area contributed by atoms with Crippen molar-refractivity contribution >= 4 is 32.6 Å². The van der Waals surface area contributed by atoms with E-state index in [4.69, 9.17) is 9.52 Å². The molecule has 0 bridgehead atoms. The Balaban J connectivity index is 1.94. The Labute approximate surface area is 129 Å². The van der Waals surface area contributed by atoms with Crippen molar-refractivity contribution in [2.45, 2.75) is 6.54 Å². The van der Waals surface area contributed by atoms with E-state index in [1.54, 1.807) is 18.5 Å². The van der Waals surface area contributed by atoms with E-state index in [2.05, 4.69) is 4.98 Å². The number of aromatic carboxylic acids is 1. The zero-order valence-corrected chi connectivity index (χ0v) is 12.5. The van der Waals surface area contributed by atoms with Crippen molar-refractivity contribution in [2.24, 2.45) is 0 Å². The number of anilines is 1. The van der Waals surface area contributed by atoms with Crippen molar-refractivity contribution in [1.29, 1.82) is 0 Å². The molecular formula is C15H12N2O4S. The molecule has 7 heteroatoms. The number of nitrogens with zero attached hydrogens (tertiary/aromatic N) is 2. The number of pyridine rings is 1. The van der Waals surface area contributed by atoms with Crippen LogP contribution in [-0.2, 0) is 6.54 Å². The third-order valence-corrected chi connectivity index (χ3v) is 4.36. The Morgan fingerprint density at radius 2 is 2.09 bits per heavy atom. The second kappa shape index (κ2) is 5.61. The van der Waals surface area contributed by atoms with Crippen LogP contribution in [0.25, 0.3) is 10.3 Å². The fraction of sp³-hybridized carbons (Fsp3) is 0.133. The molecule has 1 N–H and O–H groups in total. The summed E-state index contributed by atoms with van der Waals surface area (Å²) in [6.07, 6.45) is 3.46. The number of carboxylic acids is 1. The molecule has 112 valence electrons. The van der Waals surface area contributed by atoms with Crippen molar-refractivity contribution in [2.75, 3.05) is 11.9 Å². The van der Waals surface area contributed by atoms with Gasteiger partial charge in [-0.05, 0) is 23.8 Å². The highest BCUT2D eigenvalue weighted by Crippen LogP contribution is 2.32. The summed E-state index contributed by atoms with van der Waals surface area (Å²) < 4.78 is 5.71. The number of rotatable bonds is 4. The minimum Gasteiger partial charge on any atom is -0.477 e. The van der Waals surface area contributed by atoms with Gasteiger partial charge in [-0.15, -0.1) is 11.3 Å². The van der Waals surface area contributed by atoms with Gasteiger partial charge in [0.15, 0.2) is 5.58 Å². The van der Waals surface area contributed by atoms with Crippen molar-refractivity contribution in [3.05, 3.63) is 58.2 Å². The molecule has 0 unspecified atom stereocenters. The number of carboxylic acid groups (broad SMARTS) is 1. The van der Waals surface area contributed by atoms with E-state index in [1.807, 2.05) is 24.1 Å². The molecule has 6 nitrogen and oxygen atoms in total. The van der Waals surface area contributed by atoms with Gasteiger partial charge in [-0.3, -0.25) is 4.98 Å². The van der Waals surface area contributed by atoms with E-state index < -0.39 is 11.6 Å². The third kappa shape index (κ3) is 2.71. The zero-order chi connectivity index (χ0) is 15.7. The highest BCUT2D eigenvalue weighted by atomic mass is 32.1. The Kier molecular flexibility index (Phi) is 3.64. The lowest BCUT2D eigenvalue weighted by atomic mass is 10.2. The van der Waals surface area contributed by atoms with Crippen LogP contribution >= 0.6 is 11.3 Å². The number of thiophene rings is 1. The van der Waals surface area contributed by atoms with Crippen molar-refractivity contribution in [3.8, 4) is 0 Å². The summed E-state index contributed by atoms with van der Waals surface area (Å²) in [5, 5.41) is 9.85. The summed E-state index contributed by atoms with van der Waals surface area (Å²) >= 11 is 1.38. The standard InChI is InChI=1S/C15H12N2O4S/c1-17(8-9-2-4-16-5-3-9)13-7-11-12(22-13)6-10(14(18)19)15(20)21-11/h2-7H,8H2,1H3,(H,18,19). The van der Waals surface area contributed by atoms with Crippen LogP contribution < -0.4 is 10.5 Å². The number of hydrogen-bond acceptors (Lipinski definition) is 6. The minimum atomic E-state index is -1.28. The van der Waals surface area contributed by atoms with E-state index in [0.717, 1.165) is 10.6 Å². The van der Waals surface area contributed by atoms with Crippen LogP contribution in [0.15, 0.2) is 45.9 Å². The predicted octanol–water partition coefficient (Wildman–Crippen LogP) is 2.58. The number of fused-ring (bicyclic) bond motifs is 1. The summed E-state index contributed by atoms with van der Waals surface area (Å²) in [5.74, 6) is -1.28. The van der Waals surface area contributed by atoms with E-state index in [-0.39, 0.29) is 5.56 Å². The zero-order valence-electron chi connectivity index (χ0n) is 11.6. The smallest absolute Gasteiger partial charge is 0.351 e. The lowest BCUT2D eigenvalue weighted by Gasteiger charge is -2.16. The molecule has 0 aliphatic rings. The van der Waals surface area contributed by atoms with Crippen LogP contribution in [-0.4, -0.2) is 23.1 Å². The van der Waals surface area contributed by atoms with Crippen molar-refractivity contribution < 1.29 is 14.3 Å². The van der Waals surface area contributed by atoms with Crippen LogP contribution in [0, 0.1) is 0 Å². The third-order valence-electron chi connectivity index (χ3n) is 3.19. The molecule has 22 heavy (non-hydrogen) atoms. The highest BCUT2D eigenvalue weighted by molar-refractivity contribution is 7.22. The van der Waals surface area contributed by atoms with Gasteiger partial charge in [0.1, 0.15) is 5.56 Å². The molecule has 0 amide bonds. The molecule has 3 aromatic rings. The van der Waals surface area contributed by atoms with Gasteiger partial charge >= 0.3 is 11.6 Å². The summed E-state index contributed by atoms with van der Waals surface area (Å²) in [7, 11) is 1.92. The van der Waals surface area contributed by atoms with Crippen LogP contribution in [0.3, 0.4) is 0 Å². The fourth-order valence-electron chi connectivity index (χ4n) is 2.08. The molecule has 0 radical (unpaired) electrons. The minimum absolute atomic E-state index is 0.349. The van der Waals surface area contributed by atoms with Crippen LogP contribution in [0.1, 0.15) is 15.9 Å². The van der Waals surface area contributed by atoms with Crippen LogP contribution in [0.4, 0.5) is 5.00 Å². The maximum atomic E-state index is 11.6. The van der Waals surface area contributed by atoms with Crippen molar-refractivity contribution in [1.82, 2.24) is 4.98 Å².